The highest BCUT2D eigenvalue weighted by Gasteiger charge is 2.49. The van der Waals surface area contributed by atoms with Gasteiger partial charge >= 0.3 is 18.3 Å². The molecule has 188 valence electrons. The zero-order chi connectivity index (χ0) is 25.8. The predicted molar refractivity (Wildman–Crippen MR) is 112 cm³/mol. The molecular weight excluding hydrogens is 535 g/mol. The Morgan fingerprint density at radius 1 is 1.24 bits per heavy atom. The van der Waals surface area contributed by atoms with Crippen LogP contribution < -0.4 is 4.74 Å². The fraction of sp³-hybridized carbons (Fsp3) is 0.500. The Hall–Kier alpha value is -3.03. The fourth-order valence-electron chi connectivity index (χ4n) is 2.79. The Morgan fingerprint density at radius 3 is 2.47 bits per heavy atom. The van der Waals surface area contributed by atoms with Gasteiger partial charge in [0, 0.05) is 22.4 Å². The average Bonchev–Trinajstić information content (AvgIpc) is 2.69. The number of halogens is 4. The molecule has 0 spiro atoms. The molecule has 1 aliphatic rings. The van der Waals surface area contributed by atoms with Crippen molar-refractivity contribution >= 4 is 34.1 Å². The number of esters is 1. The summed E-state index contributed by atoms with van der Waals surface area (Å²) in [4.78, 5) is 38.8. The van der Waals surface area contributed by atoms with Gasteiger partial charge in [0.05, 0.1) is 5.57 Å². The Kier molecular flexibility index (Phi) is 8.40. The average molecular weight is 556 g/mol. The van der Waals surface area contributed by atoms with Crippen molar-refractivity contribution in [3.05, 3.63) is 43.4 Å². The van der Waals surface area contributed by atoms with E-state index in [1.54, 1.807) is 13.0 Å². The first-order valence-electron chi connectivity index (χ1n) is 9.66. The van der Waals surface area contributed by atoms with Crippen LogP contribution in [-0.2, 0) is 23.8 Å². The molecule has 1 aromatic rings. The molecule has 2 atom stereocenters. The van der Waals surface area contributed by atoms with Crippen molar-refractivity contribution in [1.29, 1.82) is 0 Å². The van der Waals surface area contributed by atoms with Crippen molar-refractivity contribution in [2.75, 3.05) is 13.2 Å². The molecule has 0 fully saturated rings. The van der Waals surface area contributed by atoms with Crippen molar-refractivity contribution in [3.63, 3.8) is 0 Å². The fourth-order valence-corrected chi connectivity index (χ4v) is 3.38. The van der Waals surface area contributed by atoms with E-state index < -0.39 is 46.8 Å². The number of aryl methyl sites for hydroxylation is 1. The highest BCUT2D eigenvalue weighted by molar-refractivity contribution is 9.10. The van der Waals surface area contributed by atoms with Crippen LogP contribution in [0, 0.1) is 22.5 Å². The van der Waals surface area contributed by atoms with Crippen LogP contribution in [0.25, 0.3) is 6.08 Å². The molecule has 34 heavy (non-hydrogen) atoms. The second kappa shape index (κ2) is 10.5. The summed E-state index contributed by atoms with van der Waals surface area (Å²) < 4.78 is 60.8. The molecule has 2 rings (SSSR count). The highest BCUT2D eigenvalue weighted by Crippen LogP contribution is 2.40. The number of hydrogen-bond donors (Lipinski definition) is 0. The molecule has 1 aromatic carbocycles. The van der Waals surface area contributed by atoms with Crippen molar-refractivity contribution in [2.24, 2.45) is 5.41 Å². The van der Waals surface area contributed by atoms with Crippen LogP contribution in [0.1, 0.15) is 31.9 Å². The zero-order valence-electron chi connectivity index (χ0n) is 18.4. The summed E-state index contributed by atoms with van der Waals surface area (Å²) in [5, 5.41) is 9.26. The molecule has 0 amide bonds. The maximum atomic E-state index is 13.6. The molecule has 0 radical (unpaired) electrons. The van der Waals surface area contributed by atoms with Crippen molar-refractivity contribution in [2.45, 2.75) is 46.3 Å². The lowest BCUT2D eigenvalue weighted by Crippen LogP contribution is -2.41. The summed E-state index contributed by atoms with van der Waals surface area (Å²) in [7, 11) is 0. The molecule has 0 N–H and O–H groups in total. The van der Waals surface area contributed by atoms with E-state index in [1.165, 1.54) is 19.9 Å². The van der Waals surface area contributed by atoms with Crippen LogP contribution in [0.2, 0.25) is 0 Å². The SMILES string of the molecule is Cc1cc(Br)cc2c1OC(C(F)(F)F)C(C(=O)OC(C)OC(=O)OCC(C)(C)CO[N+](=O)[O-])=C2. The normalized spacial score (nSPS) is 16.4. The van der Waals surface area contributed by atoms with Gasteiger partial charge in [-0.25, -0.2) is 9.59 Å². The second-order valence-electron chi connectivity index (χ2n) is 8.07. The van der Waals surface area contributed by atoms with E-state index in [2.05, 4.69) is 20.8 Å². The van der Waals surface area contributed by atoms with Gasteiger partial charge in [-0.2, -0.15) is 13.2 Å². The van der Waals surface area contributed by atoms with Crippen molar-refractivity contribution in [1.82, 2.24) is 0 Å². The lowest BCUT2D eigenvalue weighted by Gasteiger charge is -2.29. The first-order valence-corrected chi connectivity index (χ1v) is 10.4. The lowest BCUT2D eigenvalue weighted by atomic mass is 9.97. The molecular formula is C20H21BrF3NO9. The summed E-state index contributed by atoms with van der Waals surface area (Å²) in [6.45, 7) is 4.96. The minimum Gasteiger partial charge on any atom is -0.475 e. The third-order valence-electron chi connectivity index (χ3n) is 4.31. The zero-order valence-corrected chi connectivity index (χ0v) is 20.0. The van der Waals surface area contributed by atoms with Gasteiger partial charge in [-0.3, -0.25) is 0 Å². The van der Waals surface area contributed by atoms with Gasteiger partial charge in [0.2, 0.25) is 12.4 Å². The monoisotopic (exact) mass is 555 g/mol. The number of carbonyl (C=O) groups excluding carboxylic acids is 2. The summed E-state index contributed by atoms with van der Waals surface area (Å²) in [5.74, 6) is -1.44. The van der Waals surface area contributed by atoms with Gasteiger partial charge in [-0.15, -0.1) is 10.1 Å². The quantitative estimate of drug-likeness (QED) is 0.193. The summed E-state index contributed by atoms with van der Waals surface area (Å²) in [6.07, 6.45) is -9.43. The number of benzene rings is 1. The third-order valence-corrected chi connectivity index (χ3v) is 4.76. The first-order chi connectivity index (χ1) is 15.6. The van der Waals surface area contributed by atoms with Crippen molar-refractivity contribution < 1.29 is 51.6 Å². The van der Waals surface area contributed by atoms with Crippen LogP contribution in [0.3, 0.4) is 0 Å². The number of alkyl halides is 3. The molecule has 0 saturated carbocycles. The first kappa shape index (κ1) is 27.2. The van der Waals surface area contributed by atoms with E-state index in [-0.39, 0.29) is 24.5 Å². The predicted octanol–water partition coefficient (Wildman–Crippen LogP) is 4.74. The number of carbonyl (C=O) groups is 2. The summed E-state index contributed by atoms with van der Waals surface area (Å²) in [5.41, 5.74) is -1.13. The van der Waals surface area contributed by atoms with Crippen LogP contribution in [0.4, 0.5) is 18.0 Å². The molecule has 14 heteroatoms. The van der Waals surface area contributed by atoms with E-state index in [0.29, 0.717) is 10.0 Å². The van der Waals surface area contributed by atoms with E-state index in [1.807, 2.05) is 0 Å². The number of nitrogens with zero attached hydrogens (tertiary/aromatic N) is 1. The van der Waals surface area contributed by atoms with Crippen LogP contribution in [0.15, 0.2) is 22.2 Å². The molecule has 0 aliphatic carbocycles. The maximum absolute atomic E-state index is 13.6. The Balaban J connectivity index is 2.06. The maximum Gasteiger partial charge on any atom is 0.511 e. The Morgan fingerprint density at radius 2 is 1.88 bits per heavy atom. The minimum atomic E-state index is -4.93. The van der Waals surface area contributed by atoms with E-state index in [0.717, 1.165) is 13.0 Å². The minimum absolute atomic E-state index is 0.0291. The number of hydrogen-bond acceptors (Lipinski definition) is 9. The van der Waals surface area contributed by atoms with Crippen molar-refractivity contribution in [3.8, 4) is 5.75 Å². The van der Waals surface area contributed by atoms with E-state index >= 15 is 0 Å². The standard InChI is InChI=1S/C20H21BrF3NO9/c1-10-5-13(21)6-12-7-14(16(20(22,23)24)34-15(10)12)17(26)32-11(2)33-18(27)30-8-19(3,4)9-31-25(28)29/h5-7,11,16H,8-9H2,1-4H3. The third kappa shape index (κ3) is 7.50. The number of rotatable bonds is 8. The van der Waals surface area contributed by atoms with Gasteiger partial charge in [0.1, 0.15) is 19.0 Å². The molecule has 0 saturated heterocycles. The molecule has 10 nitrogen and oxygen atoms in total. The Labute approximate surface area is 200 Å². The molecule has 0 aromatic heterocycles. The van der Waals surface area contributed by atoms with E-state index in [4.69, 9.17) is 18.9 Å². The van der Waals surface area contributed by atoms with Gasteiger partial charge in [0.25, 0.3) is 5.09 Å². The molecule has 1 aliphatic heterocycles. The summed E-state index contributed by atoms with van der Waals surface area (Å²) in [6, 6.07) is 3.04. The lowest BCUT2D eigenvalue weighted by molar-refractivity contribution is -0.760. The largest absolute Gasteiger partial charge is 0.511 e. The van der Waals surface area contributed by atoms with E-state index in [9.17, 15) is 32.9 Å². The highest BCUT2D eigenvalue weighted by atomic mass is 79.9. The molecule has 0 bridgehead atoms. The van der Waals surface area contributed by atoms with Crippen LogP contribution in [0.5, 0.6) is 5.75 Å². The second-order valence-corrected chi connectivity index (χ2v) is 8.99. The van der Waals surface area contributed by atoms with Gasteiger partial charge in [-0.1, -0.05) is 29.8 Å². The topological polar surface area (TPSA) is 123 Å². The van der Waals surface area contributed by atoms with Gasteiger partial charge < -0.3 is 23.8 Å². The van der Waals surface area contributed by atoms with Crippen LogP contribution >= 0.6 is 15.9 Å². The Bertz CT molecular complexity index is 994. The van der Waals surface area contributed by atoms with Crippen LogP contribution in [-0.4, -0.2) is 49.0 Å². The summed E-state index contributed by atoms with van der Waals surface area (Å²) >= 11 is 3.23. The number of ether oxygens (including phenoxy) is 4. The van der Waals surface area contributed by atoms with Gasteiger partial charge in [-0.05, 0) is 30.7 Å². The smallest absolute Gasteiger partial charge is 0.475 e. The van der Waals surface area contributed by atoms with Gasteiger partial charge in [0.15, 0.2) is 0 Å². The molecule has 2 unspecified atom stereocenters. The molecule has 1 heterocycles. The number of fused-ring (bicyclic) bond motifs is 1.